The molecule has 1 aromatic carbocycles. The van der Waals surface area contributed by atoms with E-state index in [2.05, 4.69) is 48.4 Å². The minimum atomic E-state index is 0.401. The van der Waals surface area contributed by atoms with Gasteiger partial charge in [0, 0.05) is 12.5 Å². The van der Waals surface area contributed by atoms with E-state index in [-0.39, 0.29) is 0 Å². The van der Waals surface area contributed by atoms with Gasteiger partial charge < -0.3 is 5.32 Å². The Morgan fingerprint density at radius 2 is 2.00 bits per heavy atom. The molecule has 0 amide bonds. The van der Waals surface area contributed by atoms with Crippen LogP contribution in [-0.4, -0.2) is 18.9 Å². The molecule has 0 fully saturated rings. The molecule has 1 atom stereocenters. The van der Waals surface area contributed by atoms with Crippen molar-refractivity contribution in [2.45, 2.75) is 19.8 Å². The number of amidine groups is 1. The number of nitrogens with zero attached hydrogens (tertiary/aromatic N) is 1. The first-order valence-corrected chi connectivity index (χ1v) is 5.12. The number of hydrogen-bond donors (Lipinski definition) is 1. The van der Waals surface area contributed by atoms with E-state index in [1.54, 1.807) is 0 Å². The van der Waals surface area contributed by atoms with E-state index in [9.17, 15) is 0 Å². The number of benzene rings is 1. The smallest absolute Gasteiger partial charge is 0.104 e. The maximum absolute atomic E-state index is 4.44. The topological polar surface area (TPSA) is 24.4 Å². The van der Waals surface area contributed by atoms with E-state index in [1.165, 1.54) is 11.1 Å². The van der Waals surface area contributed by atoms with Crippen LogP contribution in [0.5, 0.6) is 0 Å². The molecule has 74 valence electrons. The van der Waals surface area contributed by atoms with Crippen molar-refractivity contribution in [1.29, 1.82) is 0 Å². The molecule has 1 aliphatic rings. The second-order valence-electron chi connectivity index (χ2n) is 3.83. The summed E-state index contributed by atoms with van der Waals surface area (Å²) in [6.07, 6.45) is 0. The highest BCUT2D eigenvalue weighted by molar-refractivity contribution is 5.89. The van der Waals surface area contributed by atoms with Gasteiger partial charge in [-0.05, 0) is 12.5 Å². The van der Waals surface area contributed by atoms with Gasteiger partial charge in [0.25, 0.3) is 0 Å². The highest BCUT2D eigenvalue weighted by atomic mass is 15.1. The van der Waals surface area contributed by atoms with Crippen LogP contribution in [-0.2, 0) is 0 Å². The van der Waals surface area contributed by atoms with Crippen LogP contribution in [0.25, 0.3) is 0 Å². The minimum Gasteiger partial charge on any atom is -0.371 e. The van der Waals surface area contributed by atoms with Gasteiger partial charge in [0.15, 0.2) is 0 Å². The van der Waals surface area contributed by atoms with Gasteiger partial charge in [-0.3, -0.25) is 4.99 Å². The van der Waals surface area contributed by atoms with Gasteiger partial charge in [0.05, 0.1) is 6.54 Å². The highest BCUT2D eigenvalue weighted by Gasteiger charge is 2.14. The van der Waals surface area contributed by atoms with Gasteiger partial charge in [-0.2, -0.15) is 0 Å². The Morgan fingerprint density at radius 1 is 1.29 bits per heavy atom. The van der Waals surface area contributed by atoms with Crippen molar-refractivity contribution in [3.8, 4) is 0 Å². The number of hydrogen-bond acceptors (Lipinski definition) is 2. The van der Waals surface area contributed by atoms with E-state index in [4.69, 9.17) is 0 Å². The van der Waals surface area contributed by atoms with Gasteiger partial charge in [-0.15, -0.1) is 0 Å². The molecule has 2 rings (SSSR count). The summed E-state index contributed by atoms with van der Waals surface area (Å²) in [4.78, 5) is 4.44. The quantitative estimate of drug-likeness (QED) is 0.755. The van der Waals surface area contributed by atoms with Crippen LogP contribution in [0.2, 0.25) is 0 Å². The third kappa shape index (κ3) is 1.79. The van der Waals surface area contributed by atoms with Crippen LogP contribution in [0.3, 0.4) is 0 Å². The van der Waals surface area contributed by atoms with Crippen molar-refractivity contribution in [2.75, 3.05) is 13.1 Å². The maximum Gasteiger partial charge on any atom is 0.104 e. The Hall–Kier alpha value is -1.31. The molecule has 0 radical (unpaired) electrons. The molecule has 0 aliphatic carbocycles. The van der Waals surface area contributed by atoms with Crippen LogP contribution in [0, 0.1) is 6.92 Å². The SMILES string of the molecule is Cc1ccc(C(C)C2=NCCN2)cc1. The summed E-state index contributed by atoms with van der Waals surface area (Å²) in [5.74, 6) is 1.53. The lowest BCUT2D eigenvalue weighted by atomic mass is 9.99. The molecule has 2 heteroatoms. The van der Waals surface area contributed by atoms with Crippen molar-refractivity contribution in [3.05, 3.63) is 35.4 Å². The second kappa shape index (κ2) is 3.82. The lowest BCUT2D eigenvalue weighted by molar-refractivity contribution is 0.918. The Labute approximate surface area is 85.1 Å². The minimum absolute atomic E-state index is 0.401. The van der Waals surface area contributed by atoms with Crippen molar-refractivity contribution < 1.29 is 0 Å². The molecule has 1 unspecified atom stereocenters. The molecule has 14 heavy (non-hydrogen) atoms. The van der Waals surface area contributed by atoms with Crippen molar-refractivity contribution in [3.63, 3.8) is 0 Å². The van der Waals surface area contributed by atoms with Crippen LogP contribution in [0.4, 0.5) is 0 Å². The summed E-state index contributed by atoms with van der Waals surface area (Å²) in [5, 5.41) is 3.32. The summed E-state index contributed by atoms with van der Waals surface area (Å²) in [5.41, 5.74) is 2.64. The molecule has 0 bridgehead atoms. The average molecular weight is 188 g/mol. The average Bonchev–Trinajstić information content (AvgIpc) is 2.71. The summed E-state index contributed by atoms with van der Waals surface area (Å²) < 4.78 is 0. The third-order valence-corrected chi connectivity index (χ3v) is 2.69. The molecule has 1 N–H and O–H groups in total. The molecule has 2 nitrogen and oxygen atoms in total. The lowest BCUT2D eigenvalue weighted by Gasteiger charge is -2.12. The molecule has 1 aromatic rings. The fraction of sp³-hybridized carbons (Fsp3) is 0.417. The summed E-state index contributed by atoms with van der Waals surface area (Å²) in [6.45, 7) is 6.22. The first-order chi connectivity index (χ1) is 6.77. The van der Waals surface area contributed by atoms with Gasteiger partial charge in [-0.25, -0.2) is 0 Å². The number of nitrogens with one attached hydrogen (secondary N) is 1. The number of aliphatic imine (C=N–C) groups is 1. The molecule has 0 spiro atoms. The largest absolute Gasteiger partial charge is 0.371 e. The monoisotopic (exact) mass is 188 g/mol. The zero-order chi connectivity index (χ0) is 9.97. The van der Waals surface area contributed by atoms with E-state index in [0.29, 0.717) is 5.92 Å². The molecule has 1 heterocycles. The first-order valence-electron chi connectivity index (χ1n) is 5.12. The molecular weight excluding hydrogens is 172 g/mol. The zero-order valence-corrected chi connectivity index (χ0v) is 8.75. The number of aryl methyl sites for hydroxylation is 1. The fourth-order valence-corrected chi connectivity index (χ4v) is 1.72. The molecule has 1 aliphatic heterocycles. The lowest BCUT2D eigenvalue weighted by Crippen LogP contribution is -2.23. The van der Waals surface area contributed by atoms with Gasteiger partial charge in [0.1, 0.15) is 5.84 Å². The van der Waals surface area contributed by atoms with Crippen LogP contribution in [0.1, 0.15) is 24.0 Å². The third-order valence-electron chi connectivity index (χ3n) is 2.69. The predicted molar refractivity (Wildman–Crippen MR) is 59.9 cm³/mol. The van der Waals surface area contributed by atoms with E-state index in [1.807, 2.05) is 0 Å². The van der Waals surface area contributed by atoms with Gasteiger partial charge in [0.2, 0.25) is 0 Å². The highest BCUT2D eigenvalue weighted by Crippen LogP contribution is 2.17. The number of rotatable bonds is 2. The zero-order valence-electron chi connectivity index (χ0n) is 8.75. The van der Waals surface area contributed by atoms with Crippen molar-refractivity contribution in [1.82, 2.24) is 5.32 Å². The normalized spacial score (nSPS) is 17.4. The molecule has 0 saturated heterocycles. The Kier molecular flexibility index (Phi) is 2.53. The van der Waals surface area contributed by atoms with Crippen molar-refractivity contribution >= 4 is 5.84 Å². The van der Waals surface area contributed by atoms with E-state index in [0.717, 1.165) is 18.9 Å². The van der Waals surface area contributed by atoms with Crippen LogP contribution >= 0.6 is 0 Å². The van der Waals surface area contributed by atoms with E-state index >= 15 is 0 Å². The van der Waals surface area contributed by atoms with Crippen LogP contribution < -0.4 is 5.32 Å². The molecule has 0 aromatic heterocycles. The Bertz CT molecular complexity index is 338. The second-order valence-corrected chi connectivity index (χ2v) is 3.83. The van der Waals surface area contributed by atoms with Gasteiger partial charge >= 0.3 is 0 Å². The molecular formula is C12H16N2. The van der Waals surface area contributed by atoms with Crippen molar-refractivity contribution in [2.24, 2.45) is 4.99 Å². The maximum atomic E-state index is 4.44. The summed E-state index contributed by atoms with van der Waals surface area (Å²) >= 11 is 0. The standard InChI is InChI=1S/C12H16N2/c1-9-3-5-11(6-4-9)10(2)12-13-7-8-14-12/h3-6,10H,7-8H2,1-2H3,(H,13,14). The summed E-state index contributed by atoms with van der Waals surface area (Å²) in [7, 11) is 0. The first kappa shape index (κ1) is 9.25. The summed E-state index contributed by atoms with van der Waals surface area (Å²) in [6, 6.07) is 8.67. The van der Waals surface area contributed by atoms with E-state index < -0.39 is 0 Å². The predicted octanol–water partition coefficient (Wildman–Crippen LogP) is 2.10. The Balaban J connectivity index is 2.18. The van der Waals surface area contributed by atoms with Gasteiger partial charge in [-0.1, -0.05) is 36.8 Å². The Morgan fingerprint density at radius 3 is 2.57 bits per heavy atom. The molecule has 0 saturated carbocycles. The van der Waals surface area contributed by atoms with Crippen LogP contribution in [0.15, 0.2) is 29.3 Å². The fourth-order valence-electron chi connectivity index (χ4n) is 1.72.